The lowest BCUT2D eigenvalue weighted by atomic mass is 10.2. The van der Waals surface area contributed by atoms with Gasteiger partial charge in [0.1, 0.15) is 12.4 Å². The lowest BCUT2D eigenvalue weighted by Gasteiger charge is -2.19. The van der Waals surface area contributed by atoms with Gasteiger partial charge in [-0.25, -0.2) is 12.8 Å². The molecule has 0 radical (unpaired) electrons. The van der Waals surface area contributed by atoms with Crippen LogP contribution < -0.4 is 10.9 Å². The maximum Gasteiger partial charge on any atom is 0.251 e. The molecule has 28 heavy (non-hydrogen) atoms. The fourth-order valence-corrected chi connectivity index (χ4v) is 4.45. The summed E-state index contributed by atoms with van der Waals surface area (Å²) in [5, 5.41) is 2.59. The molecule has 0 fully saturated rings. The molecule has 10 heteroatoms. The quantitative estimate of drug-likeness (QED) is 0.635. The number of aromatic nitrogens is 1. The molecule has 0 spiro atoms. The molecule has 0 unspecified atom stereocenters. The van der Waals surface area contributed by atoms with Crippen LogP contribution in [0.15, 0.2) is 50.7 Å². The molecule has 2 rings (SSSR count). The van der Waals surface area contributed by atoms with Gasteiger partial charge in [0.2, 0.25) is 15.9 Å². The highest BCUT2D eigenvalue weighted by Gasteiger charge is 2.22. The Morgan fingerprint density at radius 1 is 1.21 bits per heavy atom. The molecule has 0 saturated carbocycles. The molecular formula is C18H21BrFN3O4S. The van der Waals surface area contributed by atoms with E-state index >= 15 is 0 Å². The number of carbonyl (C=O) groups excluding carboxylic acids is 1. The molecule has 0 aliphatic carbocycles. The summed E-state index contributed by atoms with van der Waals surface area (Å²) in [6.07, 6.45) is 1.16. The molecule has 0 aliphatic rings. The number of halogens is 2. The monoisotopic (exact) mass is 473 g/mol. The zero-order valence-corrected chi connectivity index (χ0v) is 17.9. The number of sulfonamides is 1. The minimum Gasteiger partial charge on any atom is -0.350 e. The lowest BCUT2D eigenvalue weighted by molar-refractivity contribution is -0.121. The van der Waals surface area contributed by atoms with Crippen molar-refractivity contribution in [2.45, 2.75) is 31.8 Å². The first kappa shape index (κ1) is 22.3. The Labute approximate surface area is 171 Å². The molecule has 0 bridgehead atoms. The number of amides is 1. The zero-order valence-electron chi connectivity index (χ0n) is 15.5. The normalized spacial score (nSPS) is 11.6. The number of rotatable bonds is 8. The van der Waals surface area contributed by atoms with E-state index in [0.717, 1.165) is 16.8 Å². The zero-order chi connectivity index (χ0) is 20.9. The summed E-state index contributed by atoms with van der Waals surface area (Å²) in [7, 11) is -3.75. The third kappa shape index (κ3) is 5.27. The van der Waals surface area contributed by atoms with Crippen LogP contribution in [0.5, 0.6) is 0 Å². The summed E-state index contributed by atoms with van der Waals surface area (Å²) >= 11 is 3.27. The Hall–Kier alpha value is -2.04. The smallest absolute Gasteiger partial charge is 0.251 e. The number of nitrogens with zero attached hydrogens (tertiary/aromatic N) is 2. The largest absolute Gasteiger partial charge is 0.350 e. The summed E-state index contributed by atoms with van der Waals surface area (Å²) in [4.78, 5) is 24.2. The molecule has 1 aromatic heterocycles. The van der Waals surface area contributed by atoms with Gasteiger partial charge in [0.15, 0.2) is 0 Å². The number of hydrogen-bond donors (Lipinski definition) is 1. The molecule has 1 N–H and O–H groups in total. The highest BCUT2D eigenvalue weighted by atomic mass is 79.9. The molecule has 0 saturated heterocycles. The van der Waals surface area contributed by atoms with E-state index in [4.69, 9.17) is 0 Å². The van der Waals surface area contributed by atoms with Crippen LogP contribution in [0.3, 0.4) is 0 Å². The molecule has 1 heterocycles. The maximum atomic E-state index is 13.3. The topological polar surface area (TPSA) is 88.5 Å². The molecule has 1 amide bonds. The van der Waals surface area contributed by atoms with E-state index in [-0.39, 0.29) is 18.0 Å². The average molecular weight is 474 g/mol. The second-order valence-electron chi connectivity index (χ2n) is 5.93. The van der Waals surface area contributed by atoms with Crippen LogP contribution in [0.2, 0.25) is 0 Å². The van der Waals surface area contributed by atoms with Gasteiger partial charge in [-0.1, -0.05) is 29.8 Å². The van der Waals surface area contributed by atoms with Crippen molar-refractivity contribution < 1.29 is 17.6 Å². The van der Waals surface area contributed by atoms with Crippen molar-refractivity contribution in [1.82, 2.24) is 14.2 Å². The van der Waals surface area contributed by atoms with Crippen molar-refractivity contribution in [2.24, 2.45) is 0 Å². The Balaban J connectivity index is 2.16. The van der Waals surface area contributed by atoms with Gasteiger partial charge >= 0.3 is 0 Å². The Morgan fingerprint density at radius 3 is 2.54 bits per heavy atom. The van der Waals surface area contributed by atoms with E-state index in [0.29, 0.717) is 23.1 Å². The van der Waals surface area contributed by atoms with Gasteiger partial charge in [0, 0.05) is 36.4 Å². The van der Waals surface area contributed by atoms with Crippen molar-refractivity contribution >= 4 is 31.9 Å². The molecule has 152 valence electrons. The van der Waals surface area contributed by atoms with Crippen molar-refractivity contribution in [2.75, 3.05) is 13.1 Å². The Bertz CT molecular complexity index is 1020. The van der Waals surface area contributed by atoms with Crippen LogP contribution in [0.4, 0.5) is 4.39 Å². The summed E-state index contributed by atoms with van der Waals surface area (Å²) in [6.45, 7) is 3.72. The van der Waals surface area contributed by atoms with E-state index < -0.39 is 27.3 Å². The first-order valence-electron chi connectivity index (χ1n) is 8.60. The Kier molecular flexibility index (Phi) is 7.50. The molecule has 0 aliphatic heterocycles. The molecular weight excluding hydrogens is 453 g/mol. The van der Waals surface area contributed by atoms with Crippen molar-refractivity contribution in [3.63, 3.8) is 0 Å². The first-order valence-corrected chi connectivity index (χ1v) is 10.8. The van der Waals surface area contributed by atoms with Crippen LogP contribution in [0.25, 0.3) is 0 Å². The van der Waals surface area contributed by atoms with E-state index in [1.54, 1.807) is 13.8 Å². The third-order valence-electron chi connectivity index (χ3n) is 4.10. The van der Waals surface area contributed by atoms with Crippen molar-refractivity contribution in [3.05, 3.63) is 62.7 Å². The standard InChI is InChI=1S/C18H21BrFN3O4S/c1-3-23(4-2)28(26,27)15-6-8-18(25)22(11-15)12-17(24)21-10-13-9-14(20)5-7-16(13)19/h5-9,11H,3-4,10,12H2,1-2H3,(H,21,24). The fourth-order valence-electron chi connectivity index (χ4n) is 2.58. The van der Waals surface area contributed by atoms with Gasteiger partial charge in [0.05, 0.1) is 4.90 Å². The summed E-state index contributed by atoms with van der Waals surface area (Å²) in [5.74, 6) is -0.936. The predicted molar refractivity (Wildman–Crippen MR) is 107 cm³/mol. The van der Waals surface area contributed by atoms with Gasteiger partial charge < -0.3 is 9.88 Å². The van der Waals surface area contributed by atoms with E-state index in [2.05, 4.69) is 21.2 Å². The number of benzene rings is 1. The molecule has 1 aromatic carbocycles. The number of pyridine rings is 1. The van der Waals surface area contributed by atoms with E-state index in [1.165, 1.54) is 28.6 Å². The van der Waals surface area contributed by atoms with E-state index in [1.807, 2.05) is 0 Å². The highest BCUT2D eigenvalue weighted by Crippen LogP contribution is 2.17. The second kappa shape index (κ2) is 9.44. The van der Waals surface area contributed by atoms with Gasteiger partial charge in [-0.2, -0.15) is 4.31 Å². The number of nitrogens with one attached hydrogen (secondary N) is 1. The second-order valence-corrected chi connectivity index (χ2v) is 8.73. The summed E-state index contributed by atoms with van der Waals surface area (Å²) < 4.78 is 41.4. The van der Waals surface area contributed by atoms with Crippen LogP contribution >= 0.6 is 15.9 Å². The Morgan fingerprint density at radius 2 is 1.89 bits per heavy atom. The van der Waals surface area contributed by atoms with Gasteiger partial charge in [-0.3, -0.25) is 9.59 Å². The van der Waals surface area contributed by atoms with Crippen LogP contribution in [0, 0.1) is 5.82 Å². The number of carbonyl (C=O) groups is 1. The summed E-state index contributed by atoms with van der Waals surface area (Å²) in [6, 6.07) is 6.45. The highest BCUT2D eigenvalue weighted by molar-refractivity contribution is 9.10. The minimum atomic E-state index is -3.75. The predicted octanol–water partition coefficient (Wildman–Crippen LogP) is 2.10. The molecule has 2 aromatic rings. The molecule has 0 atom stereocenters. The van der Waals surface area contributed by atoms with E-state index in [9.17, 15) is 22.4 Å². The van der Waals surface area contributed by atoms with Crippen molar-refractivity contribution in [1.29, 1.82) is 0 Å². The lowest BCUT2D eigenvalue weighted by Crippen LogP contribution is -2.34. The fraction of sp³-hybridized carbons (Fsp3) is 0.333. The average Bonchev–Trinajstić information content (AvgIpc) is 2.65. The van der Waals surface area contributed by atoms with Crippen LogP contribution in [-0.4, -0.2) is 36.3 Å². The summed E-state index contributed by atoms with van der Waals surface area (Å²) in [5.41, 5.74) is 0.0409. The van der Waals surface area contributed by atoms with Crippen LogP contribution in [0.1, 0.15) is 19.4 Å². The number of hydrogen-bond acceptors (Lipinski definition) is 4. The van der Waals surface area contributed by atoms with Gasteiger partial charge in [-0.05, 0) is 29.8 Å². The minimum absolute atomic E-state index is 0.0588. The third-order valence-corrected chi connectivity index (χ3v) is 6.90. The van der Waals surface area contributed by atoms with Gasteiger partial charge in [0.25, 0.3) is 5.56 Å². The first-order chi connectivity index (χ1) is 13.2. The molecule has 7 nitrogen and oxygen atoms in total. The van der Waals surface area contributed by atoms with Crippen molar-refractivity contribution in [3.8, 4) is 0 Å². The van der Waals surface area contributed by atoms with Gasteiger partial charge in [-0.15, -0.1) is 0 Å². The SMILES string of the molecule is CCN(CC)S(=O)(=O)c1ccc(=O)n(CC(=O)NCc2cc(F)ccc2Br)c1. The maximum absolute atomic E-state index is 13.3. The van der Waals surface area contributed by atoms with Crippen LogP contribution in [-0.2, 0) is 27.9 Å².